The maximum atomic E-state index is 10.9. The molecule has 0 N–H and O–H groups in total. The Morgan fingerprint density at radius 1 is 1.20 bits per heavy atom. The standard InChI is InChI=1S/C12H4Cl3N3O2/c13-7-2-8(14)12(9(15)3-7)6-1-11(18(19)20)10(4-16)17-5-6/h1-3,5H. The van der Waals surface area contributed by atoms with Crippen molar-refractivity contribution in [3.63, 3.8) is 0 Å². The second-order valence-electron chi connectivity index (χ2n) is 3.71. The lowest BCUT2D eigenvalue weighted by Crippen LogP contribution is -1.96. The molecular formula is C12H4Cl3N3O2. The number of nitrogens with zero attached hydrogens (tertiary/aromatic N) is 3. The molecule has 0 saturated heterocycles. The van der Waals surface area contributed by atoms with Crippen molar-refractivity contribution in [2.45, 2.75) is 0 Å². The van der Waals surface area contributed by atoms with Gasteiger partial charge in [-0.3, -0.25) is 10.1 Å². The third-order valence-electron chi connectivity index (χ3n) is 2.47. The number of benzene rings is 1. The highest BCUT2D eigenvalue weighted by atomic mass is 35.5. The van der Waals surface area contributed by atoms with Crippen LogP contribution in [-0.4, -0.2) is 9.91 Å². The zero-order chi connectivity index (χ0) is 14.9. The molecule has 20 heavy (non-hydrogen) atoms. The van der Waals surface area contributed by atoms with Crippen molar-refractivity contribution in [1.29, 1.82) is 5.26 Å². The summed E-state index contributed by atoms with van der Waals surface area (Å²) in [5.74, 6) is 0. The van der Waals surface area contributed by atoms with E-state index in [-0.39, 0.29) is 15.7 Å². The molecule has 0 atom stereocenters. The van der Waals surface area contributed by atoms with Crippen LogP contribution in [0.4, 0.5) is 5.69 Å². The van der Waals surface area contributed by atoms with E-state index in [1.165, 1.54) is 24.4 Å². The smallest absolute Gasteiger partial charge is 0.258 e. The molecule has 2 rings (SSSR count). The summed E-state index contributed by atoms with van der Waals surface area (Å²) in [5.41, 5.74) is 0.0206. The first-order valence-corrected chi connectivity index (χ1v) is 6.27. The molecule has 0 aliphatic rings. The van der Waals surface area contributed by atoms with Crippen LogP contribution in [0.1, 0.15) is 5.69 Å². The fourth-order valence-electron chi connectivity index (χ4n) is 1.63. The molecule has 0 spiro atoms. The first kappa shape index (κ1) is 14.5. The van der Waals surface area contributed by atoms with E-state index < -0.39 is 10.6 Å². The summed E-state index contributed by atoms with van der Waals surface area (Å²) in [7, 11) is 0. The van der Waals surface area contributed by atoms with Crippen molar-refractivity contribution in [3.05, 3.63) is 55.3 Å². The minimum atomic E-state index is -0.688. The summed E-state index contributed by atoms with van der Waals surface area (Å²) in [4.78, 5) is 14.0. The van der Waals surface area contributed by atoms with Gasteiger partial charge in [-0.2, -0.15) is 5.26 Å². The lowest BCUT2D eigenvalue weighted by atomic mass is 10.1. The van der Waals surface area contributed by atoms with Crippen LogP contribution in [0, 0.1) is 21.4 Å². The van der Waals surface area contributed by atoms with E-state index in [1.807, 2.05) is 0 Å². The van der Waals surface area contributed by atoms with Crippen LogP contribution in [0.25, 0.3) is 11.1 Å². The number of nitriles is 1. The Labute approximate surface area is 128 Å². The van der Waals surface area contributed by atoms with Crippen LogP contribution in [0.5, 0.6) is 0 Å². The zero-order valence-electron chi connectivity index (χ0n) is 9.60. The molecule has 2 aromatic rings. The number of aromatic nitrogens is 1. The number of hydrogen-bond acceptors (Lipinski definition) is 4. The molecule has 1 aromatic carbocycles. The van der Waals surface area contributed by atoms with Crippen LogP contribution in [0.3, 0.4) is 0 Å². The molecule has 1 aromatic heterocycles. The van der Waals surface area contributed by atoms with Gasteiger partial charge < -0.3 is 0 Å². The number of rotatable bonds is 2. The summed E-state index contributed by atoms with van der Waals surface area (Å²) in [6.45, 7) is 0. The molecule has 0 aliphatic carbocycles. The van der Waals surface area contributed by atoms with Crippen molar-refractivity contribution in [3.8, 4) is 17.2 Å². The minimum Gasteiger partial charge on any atom is -0.258 e. The molecule has 5 nitrogen and oxygen atoms in total. The summed E-state index contributed by atoms with van der Waals surface area (Å²) in [5, 5.41) is 20.5. The topological polar surface area (TPSA) is 79.8 Å². The second-order valence-corrected chi connectivity index (χ2v) is 4.96. The van der Waals surface area contributed by atoms with Crippen molar-refractivity contribution >= 4 is 40.5 Å². The summed E-state index contributed by atoms with van der Waals surface area (Å²) in [6, 6.07) is 5.79. The number of halogens is 3. The van der Waals surface area contributed by atoms with E-state index in [0.29, 0.717) is 16.1 Å². The van der Waals surface area contributed by atoms with Gasteiger partial charge in [-0.1, -0.05) is 34.8 Å². The number of nitro groups is 1. The highest BCUT2D eigenvalue weighted by molar-refractivity contribution is 6.41. The maximum Gasteiger partial charge on any atom is 0.306 e. The van der Waals surface area contributed by atoms with Gasteiger partial charge in [0.25, 0.3) is 0 Å². The molecule has 0 saturated carbocycles. The Morgan fingerprint density at radius 2 is 1.80 bits per heavy atom. The van der Waals surface area contributed by atoms with E-state index in [2.05, 4.69) is 4.98 Å². The Morgan fingerprint density at radius 3 is 2.30 bits per heavy atom. The predicted octanol–water partition coefficient (Wildman–Crippen LogP) is 4.49. The third kappa shape index (κ3) is 2.68. The zero-order valence-corrected chi connectivity index (χ0v) is 11.9. The van der Waals surface area contributed by atoms with Crippen LogP contribution in [-0.2, 0) is 0 Å². The van der Waals surface area contributed by atoms with Crippen LogP contribution < -0.4 is 0 Å². The largest absolute Gasteiger partial charge is 0.306 e. The first-order valence-electron chi connectivity index (χ1n) is 5.13. The number of hydrogen-bond donors (Lipinski definition) is 0. The van der Waals surface area contributed by atoms with Gasteiger partial charge in [0.1, 0.15) is 6.07 Å². The molecular weight excluding hydrogens is 325 g/mol. The minimum absolute atomic E-state index is 0.239. The molecule has 0 bridgehead atoms. The number of pyridine rings is 1. The molecule has 0 unspecified atom stereocenters. The fourth-order valence-corrected chi connectivity index (χ4v) is 2.67. The SMILES string of the molecule is N#Cc1ncc(-c2c(Cl)cc(Cl)cc2Cl)cc1[N+](=O)[O-]. The molecule has 1 heterocycles. The molecule has 8 heteroatoms. The third-order valence-corrected chi connectivity index (χ3v) is 3.28. The molecule has 0 fully saturated rings. The van der Waals surface area contributed by atoms with Crippen molar-refractivity contribution in [1.82, 2.24) is 4.98 Å². The van der Waals surface area contributed by atoms with Gasteiger partial charge in [-0.25, -0.2) is 4.98 Å². The predicted molar refractivity (Wildman–Crippen MR) is 76.1 cm³/mol. The Bertz CT molecular complexity index is 733. The average molecular weight is 329 g/mol. The second kappa shape index (κ2) is 5.63. The van der Waals surface area contributed by atoms with Crippen molar-refractivity contribution < 1.29 is 4.92 Å². The lowest BCUT2D eigenvalue weighted by Gasteiger charge is -2.07. The van der Waals surface area contributed by atoms with Gasteiger partial charge in [-0.15, -0.1) is 0 Å². The fraction of sp³-hybridized carbons (Fsp3) is 0. The van der Waals surface area contributed by atoms with Crippen molar-refractivity contribution in [2.75, 3.05) is 0 Å². The normalized spacial score (nSPS) is 10.1. The summed E-state index contributed by atoms with van der Waals surface area (Å²) in [6.07, 6.45) is 1.30. The Hall–Kier alpha value is -1.87. The first-order chi connectivity index (χ1) is 9.43. The lowest BCUT2D eigenvalue weighted by molar-refractivity contribution is -0.385. The van der Waals surface area contributed by atoms with Crippen molar-refractivity contribution in [2.24, 2.45) is 0 Å². The van der Waals surface area contributed by atoms with Crippen LogP contribution in [0.2, 0.25) is 15.1 Å². The quantitative estimate of drug-likeness (QED) is 0.601. The Balaban J connectivity index is 2.69. The van der Waals surface area contributed by atoms with E-state index >= 15 is 0 Å². The van der Waals surface area contributed by atoms with Gasteiger partial charge in [0.05, 0.1) is 15.0 Å². The van der Waals surface area contributed by atoms with Gasteiger partial charge in [-0.05, 0) is 12.1 Å². The highest BCUT2D eigenvalue weighted by Crippen LogP contribution is 2.38. The van der Waals surface area contributed by atoms with Gasteiger partial charge >= 0.3 is 5.69 Å². The summed E-state index contributed by atoms with van der Waals surface area (Å²) < 4.78 is 0. The molecule has 0 amide bonds. The van der Waals surface area contributed by atoms with E-state index in [4.69, 9.17) is 40.1 Å². The van der Waals surface area contributed by atoms with Crippen LogP contribution in [0.15, 0.2) is 24.4 Å². The van der Waals surface area contributed by atoms with Gasteiger partial charge in [0.2, 0.25) is 5.69 Å². The monoisotopic (exact) mass is 327 g/mol. The maximum absolute atomic E-state index is 10.9. The molecule has 0 aliphatic heterocycles. The van der Waals surface area contributed by atoms with Gasteiger partial charge in [0, 0.05) is 28.4 Å². The highest BCUT2D eigenvalue weighted by Gasteiger charge is 2.19. The van der Waals surface area contributed by atoms with Crippen LogP contribution >= 0.6 is 34.8 Å². The average Bonchev–Trinajstić information content (AvgIpc) is 2.37. The van der Waals surface area contributed by atoms with E-state index in [0.717, 1.165) is 0 Å². The molecule has 0 radical (unpaired) electrons. The van der Waals surface area contributed by atoms with Gasteiger partial charge in [0.15, 0.2) is 0 Å². The van der Waals surface area contributed by atoms with E-state index in [9.17, 15) is 10.1 Å². The molecule has 100 valence electrons. The summed E-state index contributed by atoms with van der Waals surface area (Å²) >= 11 is 17.9. The van der Waals surface area contributed by atoms with E-state index in [1.54, 1.807) is 6.07 Å². The Kier molecular flexibility index (Phi) is 4.09.